The Bertz CT molecular complexity index is 719. The summed E-state index contributed by atoms with van der Waals surface area (Å²) in [6, 6.07) is 3.08. The number of aliphatic hydroxyl groups is 1. The molecule has 0 bridgehead atoms. The van der Waals surface area contributed by atoms with Gasteiger partial charge in [-0.3, -0.25) is 14.9 Å². The van der Waals surface area contributed by atoms with Crippen molar-refractivity contribution in [3.63, 3.8) is 0 Å². The SMILES string of the molecule is CC1(C)Oc2cc([N+](=O)[O-])c(NCCN3CCCCC3=O)cc2CC1O. The summed E-state index contributed by atoms with van der Waals surface area (Å²) in [5.41, 5.74) is 0.262. The molecule has 1 atom stereocenters. The van der Waals surface area contributed by atoms with Crippen molar-refractivity contribution in [1.29, 1.82) is 0 Å². The number of carbonyl (C=O) groups is 1. The summed E-state index contributed by atoms with van der Waals surface area (Å²) < 4.78 is 5.76. The molecule has 1 aromatic carbocycles. The van der Waals surface area contributed by atoms with Gasteiger partial charge in [0.15, 0.2) is 0 Å². The zero-order valence-corrected chi connectivity index (χ0v) is 15.2. The van der Waals surface area contributed by atoms with Gasteiger partial charge in [-0.25, -0.2) is 0 Å². The van der Waals surface area contributed by atoms with Gasteiger partial charge in [-0.1, -0.05) is 0 Å². The minimum atomic E-state index is -0.787. The van der Waals surface area contributed by atoms with Gasteiger partial charge in [0, 0.05) is 32.5 Å². The van der Waals surface area contributed by atoms with Gasteiger partial charge in [-0.2, -0.15) is 0 Å². The molecule has 0 aromatic heterocycles. The van der Waals surface area contributed by atoms with Gasteiger partial charge in [-0.15, -0.1) is 0 Å². The summed E-state index contributed by atoms with van der Waals surface area (Å²) in [5, 5.41) is 24.7. The zero-order chi connectivity index (χ0) is 18.9. The second-order valence-electron chi connectivity index (χ2n) is 7.42. The van der Waals surface area contributed by atoms with Crippen molar-refractivity contribution in [3.8, 4) is 5.75 Å². The van der Waals surface area contributed by atoms with Gasteiger partial charge in [0.25, 0.3) is 5.69 Å². The second kappa shape index (κ2) is 7.11. The molecule has 2 heterocycles. The molecule has 1 aromatic rings. The average molecular weight is 363 g/mol. The van der Waals surface area contributed by atoms with E-state index in [4.69, 9.17) is 4.74 Å². The number of hydrogen-bond acceptors (Lipinski definition) is 6. The normalized spacial score (nSPS) is 21.7. The number of benzene rings is 1. The number of nitrogens with zero attached hydrogens (tertiary/aromatic N) is 2. The van der Waals surface area contributed by atoms with Crippen LogP contribution in [0, 0.1) is 10.1 Å². The van der Waals surface area contributed by atoms with Gasteiger partial charge >= 0.3 is 0 Å². The number of nitro groups is 1. The highest BCUT2D eigenvalue weighted by atomic mass is 16.6. The molecular formula is C18H25N3O5. The maximum absolute atomic E-state index is 11.8. The standard InChI is InChI=1S/C18H25N3O5/c1-18(2)16(22)10-12-9-13(14(21(24)25)11-15(12)26-18)19-6-8-20-7-4-3-5-17(20)23/h9,11,16,19,22H,3-8,10H2,1-2H3. The molecule has 2 aliphatic rings. The number of likely N-dealkylation sites (tertiary alicyclic amines) is 1. The topological polar surface area (TPSA) is 105 Å². The third kappa shape index (κ3) is 3.75. The van der Waals surface area contributed by atoms with Crippen LogP contribution in [0.5, 0.6) is 5.75 Å². The molecule has 2 aliphatic heterocycles. The predicted molar refractivity (Wildman–Crippen MR) is 96.4 cm³/mol. The second-order valence-corrected chi connectivity index (χ2v) is 7.42. The fraction of sp³-hybridized carbons (Fsp3) is 0.611. The van der Waals surface area contributed by atoms with Crippen LogP contribution in [0.2, 0.25) is 0 Å². The lowest BCUT2D eigenvalue weighted by Crippen LogP contribution is -2.46. The Morgan fingerprint density at radius 1 is 1.42 bits per heavy atom. The summed E-state index contributed by atoms with van der Waals surface area (Å²) in [7, 11) is 0. The third-order valence-electron chi connectivity index (χ3n) is 5.08. The molecule has 1 saturated heterocycles. The molecule has 1 fully saturated rings. The first-order valence-electron chi connectivity index (χ1n) is 8.98. The molecule has 26 heavy (non-hydrogen) atoms. The number of ether oxygens (including phenoxy) is 1. The quantitative estimate of drug-likeness (QED) is 0.613. The molecule has 3 rings (SSSR count). The first-order valence-corrected chi connectivity index (χ1v) is 8.98. The van der Waals surface area contributed by atoms with Crippen LogP contribution in [0.1, 0.15) is 38.7 Å². The smallest absolute Gasteiger partial charge is 0.296 e. The molecule has 0 saturated carbocycles. The number of carbonyl (C=O) groups excluding carboxylic acids is 1. The van der Waals surface area contributed by atoms with Crippen LogP contribution in [0.25, 0.3) is 0 Å². The fourth-order valence-corrected chi connectivity index (χ4v) is 3.39. The van der Waals surface area contributed by atoms with Crippen molar-refractivity contribution in [3.05, 3.63) is 27.8 Å². The monoisotopic (exact) mass is 363 g/mol. The number of rotatable bonds is 5. The number of nitro benzene ring substituents is 1. The number of hydrogen-bond donors (Lipinski definition) is 2. The number of piperidine rings is 1. The van der Waals surface area contributed by atoms with E-state index >= 15 is 0 Å². The van der Waals surface area contributed by atoms with E-state index in [2.05, 4.69) is 5.32 Å². The summed E-state index contributed by atoms with van der Waals surface area (Å²) in [4.78, 5) is 24.6. The van der Waals surface area contributed by atoms with Crippen LogP contribution in [0.3, 0.4) is 0 Å². The van der Waals surface area contributed by atoms with E-state index < -0.39 is 16.6 Å². The van der Waals surface area contributed by atoms with E-state index in [1.807, 2.05) is 0 Å². The number of anilines is 1. The molecule has 0 aliphatic carbocycles. The van der Waals surface area contributed by atoms with E-state index in [1.54, 1.807) is 24.8 Å². The number of aliphatic hydroxyl groups excluding tert-OH is 1. The van der Waals surface area contributed by atoms with Crippen molar-refractivity contribution in [2.45, 2.75) is 51.2 Å². The van der Waals surface area contributed by atoms with E-state index in [-0.39, 0.29) is 11.6 Å². The Morgan fingerprint density at radius 2 is 2.19 bits per heavy atom. The van der Waals surface area contributed by atoms with Crippen LogP contribution < -0.4 is 10.1 Å². The molecule has 0 radical (unpaired) electrons. The van der Waals surface area contributed by atoms with E-state index in [0.29, 0.717) is 37.4 Å². The van der Waals surface area contributed by atoms with Crippen molar-refractivity contribution in [2.75, 3.05) is 25.0 Å². The van der Waals surface area contributed by atoms with Crippen molar-refractivity contribution >= 4 is 17.3 Å². The van der Waals surface area contributed by atoms with Crippen LogP contribution in [0.4, 0.5) is 11.4 Å². The highest BCUT2D eigenvalue weighted by Crippen LogP contribution is 2.39. The predicted octanol–water partition coefficient (Wildman–Crippen LogP) is 2.09. The average Bonchev–Trinajstić information content (AvgIpc) is 2.57. The van der Waals surface area contributed by atoms with Crippen molar-refractivity contribution in [2.24, 2.45) is 0 Å². The lowest BCUT2D eigenvalue weighted by atomic mass is 9.90. The van der Waals surface area contributed by atoms with Crippen molar-refractivity contribution in [1.82, 2.24) is 4.90 Å². The third-order valence-corrected chi connectivity index (χ3v) is 5.08. The summed E-state index contributed by atoms with van der Waals surface area (Å²) in [5.74, 6) is 0.570. The van der Waals surface area contributed by atoms with Gasteiger partial charge < -0.3 is 20.1 Å². The Kier molecular flexibility index (Phi) is 5.04. The largest absolute Gasteiger partial charge is 0.485 e. The minimum Gasteiger partial charge on any atom is -0.485 e. The lowest BCUT2D eigenvalue weighted by Gasteiger charge is -2.37. The van der Waals surface area contributed by atoms with E-state index in [9.17, 15) is 20.0 Å². The Balaban J connectivity index is 1.75. The van der Waals surface area contributed by atoms with Gasteiger partial charge in [0.05, 0.1) is 17.1 Å². The highest BCUT2D eigenvalue weighted by Gasteiger charge is 2.37. The van der Waals surface area contributed by atoms with Crippen LogP contribution in [0.15, 0.2) is 12.1 Å². The van der Waals surface area contributed by atoms with E-state index in [1.165, 1.54) is 6.07 Å². The van der Waals surface area contributed by atoms with E-state index in [0.717, 1.165) is 24.9 Å². The van der Waals surface area contributed by atoms with Crippen LogP contribution in [-0.2, 0) is 11.2 Å². The Morgan fingerprint density at radius 3 is 2.88 bits per heavy atom. The number of nitrogens with one attached hydrogen (secondary N) is 1. The number of fused-ring (bicyclic) bond motifs is 1. The van der Waals surface area contributed by atoms with Crippen LogP contribution >= 0.6 is 0 Å². The van der Waals surface area contributed by atoms with Crippen molar-refractivity contribution < 1.29 is 19.6 Å². The maximum atomic E-state index is 11.8. The molecule has 0 spiro atoms. The van der Waals surface area contributed by atoms with Gasteiger partial charge in [0.2, 0.25) is 5.91 Å². The molecule has 142 valence electrons. The first kappa shape index (κ1) is 18.4. The molecular weight excluding hydrogens is 338 g/mol. The highest BCUT2D eigenvalue weighted by molar-refractivity contribution is 5.76. The zero-order valence-electron chi connectivity index (χ0n) is 15.2. The molecule has 2 N–H and O–H groups in total. The van der Waals surface area contributed by atoms with Gasteiger partial charge in [-0.05, 0) is 38.3 Å². The molecule has 1 unspecified atom stereocenters. The fourth-order valence-electron chi connectivity index (χ4n) is 3.39. The summed E-state index contributed by atoms with van der Waals surface area (Å²) in [6.45, 7) is 5.20. The Hall–Kier alpha value is -2.35. The van der Waals surface area contributed by atoms with Gasteiger partial charge in [0.1, 0.15) is 17.0 Å². The Labute approximate surface area is 152 Å². The number of amides is 1. The lowest BCUT2D eigenvalue weighted by molar-refractivity contribution is -0.384. The minimum absolute atomic E-state index is 0.0686. The maximum Gasteiger partial charge on any atom is 0.296 e. The first-order chi connectivity index (χ1) is 12.3. The summed E-state index contributed by atoms with van der Waals surface area (Å²) in [6.07, 6.45) is 2.19. The molecule has 1 amide bonds. The molecule has 8 nitrogen and oxygen atoms in total. The summed E-state index contributed by atoms with van der Waals surface area (Å²) >= 11 is 0. The van der Waals surface area contributed by atoms with Crippen LogP contribution in [-0.4, -0.2) is 52.2 Å². The molecule has 8 heteroatoms.